The number of carbonyl (C=O) groups excluding carboxylic acids is 1. The standard InChI is InChI=1S/C12H24N2O3/c1-3-5-6-8-14-11(15)9-10(12(16)17)13-7-4-2/h10,13H,3-9H2,1-2H3,(H,14,15)(H,16,17). The van der Waals surface area contributed by atoms with Gasteiger partial charge in [0.15, 0.2) is 0 Å². The van der Waals surface area contributed by atoms with Crippen LogP contribution in [-0.4, -0.2) is 36.1 Å². The third-order valence-electron chi connectivity index (χ3n) is 2.43. The Balaban J connectivity index is 3.83. The van der Waals surface area contributed by atoms with Gasteiger partial charge in [0.25, 0.3) is 0 Å². The molecule has 0 aromatic heterocycles. The minimum Gasteiger partial charge on any atom is -0.480 e. The number of unbranched alkanes of at least 4 members (excludes halogenated alkanes) is 2. The lowest BCUT2D eigenvalue weighted by atomic mass is 10.2. The highest BCUT2D eigenvalue weighted by Gasteiger charge is 2.19. The van der Waals surface area contributed by atoms with Crippen LogP contribution in [0.4, 0.5) is 0 Å². The second kappa shape index (κ2) is 10.1. The molecule has 0 rings (SSSR count). The zero-order valence-electron chi connectivity index (χ0n) is 10.8. The number of carboxylic acid groups (broad SMARTS) is 1. The predicted octanol–water partition coefficient (Wildman–Crippen LogP) is 1.14. The molecule has 0 saturated heterocycles. The van der Waals surface area contributed by atoms with E-state index in [0.717, 1.165) is 25.7 Å². The highest BCUT2D eigenvalue weighted by atomic mass is 16.4. The largest absolute Gasteiger partial charge is 0.480 e. The minimum atomic E-state index is -0.970. The molecule has 1 unspecified atom stereocenters. The van der Waals surface area contributed by atoms with Crippen LogP contribution < -0.4 is 10.6 Å². The van der Waals surface area contributed by atoms with E-state index in [1.165, 1.54) is 0 Å². The number of hydrogen-bond acceptors (Lipinski definition) is 3. The molecular weight excluding hydrogens is 220 g/mol. The van der Waals surface area contributed by atoms with Crippen LogP contribution in [0.25, 0.3) is 0 Å². The first-order valence-electron chi connectivity index (χ1n) is 6.34. The molecule has 17 heavy (non-hydrogen) atoms. The summed E-state index contributed by atoms with van der Waals surface area (Å²) in [4.78, 5) is 22.3. The fourth-order valence-corrected chi connectivity index (χ4v) is 1.43. The Bertz CT molecular complexity index is 232. The van der Waals surface area contributed by atoms with E-state index in [9.17, 15) is 9.59 Å². The average molecular weight is 244 g/mol. The van der Waals surface area contributed by atoms with Gasteiger partial charge in [0, 0.05) is 6.54 Å². The summed E-state index contributed by atoms with van der Waals surface area (Å²) in [5, 5.41) is 14.5. The smallest absolute Gasteiger partial charge is 0.321 e. The van der Waals surface area contributed by atoms with E-state index in [1.807, 2.05) is 6.92 Å². The average Bonchev–Trinajstić information content (AvgIpc) is 2.29. The molecule has 0 aromatic rings. The number of aliphatic carboxylic acids is 1. The minimum absolute atomic E-state index is 0.00145. The Labute approximate surface area is 103 Å². The first-order valence-corrected chi connectivity index (χ1v) is 6.34. The maximum atomic E-state index is 11.5. The SMILES string of the molecule is CCCCCNC(=O)CC(NCCC)C(=O)O. The van der Waals surface area contributed by atoms with Gasteiger partial charge < -0.3 is 15.7 Å². The highest BCUT2D eigenvalue weighted by Crippen LogP contribution is 1.95. The summed E-state index contributed by atoms with van der Waals surface area (Å²) in [7, 11) is 0. The van der Waals surface area contributed by atoms with Crippen LogP contribution in [-0.2, 0) is 9.59 Å². The summed E-state index contributed by atoms with van der Waals surface area (Å²) in [6, 6.07) is -0.777. The van der Waals surface area contributed by atoms with Crippen molar-refractivity contribution in [1.29, 1.82) is 0 Å². The number of nitrogens with one attached hydrogen (secondary N) is 2. The summed E-state index contributed by atoms with van der Waals surface area (Å²) in [6.45, 7) is 5.29. The highest BCUT2D eigenvalue weighted by molar-refractivity contribution is 5.84. The Morgan fingerprint density at radius 2 is 1.82 bits per heavy atom. The number of rotatable bonds is 10. The molecule has 1 amide bonds. The van der Waals surface area contributed by atoms with E-state index >= 15 is 0 Å². The van der Waals surface area contributed by atoms with Gasteiger partial charge in [0.2, 0.25) is 5.91 Å². The second-order valence-corrected chi connectivity index (χ2v) is 4.11. The topological polar surface area (TPSA) is 78.4 Å². The first-order chi connectivity index (χ1) is 8.11. The van der Waals surface area contributed by atoms with Gasteiger partial charge in [-0.2, -0.15) is 0 Å². The van der Waals surface area contributed by atoms with Crippen molar-refractivity contribution in [3.8, 4) is 0 Å². The van der Waals surface area contributed by atoms with E-state index in [-0.39, 0.29) is 12.3 Å². The molecule has 5 heteroatoms. The fraction of sp³-hybridized carbons (Fsp3) is 0.833. The Kier molecular flexibility index (Phi) is 9.43. The molecule has 0 saturated carbocycles. The van der Waals surface area contributed by atoms with Crippen molar-refractivity contribution in [2.45, 2.75) is 52.0 Å². The summed E-state index contributed by atoms with van der Waals surface area (Å²) in [6.07, 6.45) is 3.98. The monoisotopic (exact) mass is 244 g/mol. The number of carbonyl (C=O) groups is 2. The fourth-order valence-electron chi connectivity index (χ4n) is 1.43. The molecule has 0 bridgehead atoms. The van der Waals surface area contributed by atoms with E-state index in [4.69, 9.17) is 5.11 Å². The summed E-state index contributed by atoms with van der Waals surface area (Å²) >= 11 is 0. The van der Waals surface area contributed by atoms with Crippen LogP contribution in [0, 0.1) is 0 Å². The zero-order valence-corrected chi connectivity index (χ0v) is 10.8. The van der Waals surface area contributed by atoms with Gasteiger partial charge in [-0.15, -0.1) is 0 Å². The quantitative estimate of drug-likeness (QED) is 0.503. The van der Waals surface area contributed by atoms with Crippen molar-refractivity contribution < 1.29 is 14.7 Å². The van der Waals surface area contributed by atoms with Crippen LogP contribution in [0.15, 0.2) is 0 Å². The molecule has 100 valence electrons. The molecule has 0 spiro atoms. The van der Waals surface area contributed by atoms with E-state index in [1.54, 1.807) is 0 Å². The van der Waals surface area contributed by atoms with Crippen LogP contribution in [0.5, 0.6) is 0 Å². The third kappa shape index (κ3) is 8.68. The summed E-state index contributed by atoms with van der Waals surface area (Å²) in [5.41, 5.74) is 0. The van der Waals surface area contributed by atoms with Crippen molar-refractivity contribution in [2.75, 3.05) is 13.1 Å². The lowest BCUT2D eigenvalue weighted by Crippen LogP contribution is -2.41. The molecule has 5 nitrogen and oxygen atoms in total. The van der Waals surface area contributed by atoms with E-state index < -0.39 is 12.0 Å². The van der Waals surface area contributed by atoms with Crippen LogP contribution in [0.3, 0.4) is 0 Å². The van der Waals surface area contributed by atoms with Crippen molar-refractivity contribution in [3.05, 3.63) is 0 Å². The zero-order chi connectivity index (χ0) is 13.1. The van der Waals surface area contributed by atoms with Gasteiger partial charge in [-0.1, -0.05) is 26.7 Å². The summed E-state index contributed by atoms with van der Waals surface area (Å²) in [5.74, 6) is -1.17. The van der Waals surface area contributed by atoms with E-state index in [0.29, 0.717) is 13.1 Å². The Hall–Kier alpha value is -1.10. The van der Waals surface area contributed by atoms with Gasteiger partial charge in [-0.25, -0.2) is 0 Å². The van der Waals surface area contributed by atoms with Gasteiger partial charge in [-0.3, -0.25) is 9.59 Å². The lowest BCUT2D eigenvalue weighted by molar-refractivity contribution is -0.141. The molecule has 0 fully saturated rings. The second-order valence-electron chi connectivity index (χ2n) is 4.11. The number of carboxylic acids is 1. The molecule has 0 aliphatic carbocycles. The predicted molar refractivity (Wildman–Crippen MR) is 66.9 cm³/mol. The van der Waals surface area contributed by atoms with Crippen LogP contribution >= 0.6 is 0 Å². The van der Waals surface area contributed by atoms with Crippen molar-refractivity contribution >= 4 is 11.9 Å². The van der Waals surface area contributed by atoms with E-state index in [2.05, 4.69) is 17.6 Å². The lowest BCUT2D eigenvalue weighted by Gasteiger charge is -2.13. The third-order valence-corrected chi connectivity index (χ3v) is 2.43. The summed E-state index contributed by atoms with van der Waals surface area (Å²) < 4.78 is 0. The first kappa shape index (κ1) is 15.9. The number of hydrogen-bond donors (Lipinski definition) is 3. The van der Waals surface area contributed by atoms with Gasteiger partial charge in [0.1, 0.15) is 6.04 Å². The molecule has 0 heterocycles. The van der Waals surface area contributed by atoms with Crippen molar-refractivity contribution in [2.24, 2.45) is 0 Å². The Morgan fingerprint density at radius 1 is 1.12 bits per heavy atom. The van der Waals surface area contributed by atoms with Crippen molar-refractivity contribution in [3.63, 3.8) is 0 Å². The maximum Gasteiger partial charge on any atom is 0.321 e. The normalized spacial score (nSPS) is 12.1. The molecule has 3 N–H and O–H groups in total. The number of amides is 1. The van der Waals surface area contributed by atoms with Gasteiger partial charge in [-0.05, 0) is 19.4 Å². The van der Waals surface area contributed by atoms with Crippen molar-refractivity contribution in [1.82, 2.24) is 10.6 Å². The van der Waals surface area contributed by atoms with Crippen LogP contribution in [0.1, 0.15) is 46.0 Å². The molecule has 0 aliphatic rings. The van der Waals surface area contributed by atoms with Gasteiger partial charge >= 0.3 is 5.97 Å². The molecule has 1 atom stereocenters. The van der Waals surface area contributed by atoms with Gasteiger partial charge in [0.05, 0.1) is 6.42 Å². The Morgan fingerprint density at radius 3 is 2.35 bits per heavy atom. The van der Waals surface area contributed by atoms with Crippen LogP contribution in [0.2, 0.25) is 0 Å². The maximum absolute atomic E-state index is 11.5. The molecule has 0 radical (unpaired) electrons. The molecule has 0 aromatic carbocycles. The molecular formula is C12H24N2O3. The molecule has 0 aliphatic heterocycles.